The molecule has 1 aromatic carbocycles. The highest BCUT2D eigenvalue weighted by Crippen LogP contribution is 2.27. The SMILES string of the molecule is CCN(C)CCNC(=O)[C@@H]1CC(=O)N(c2ccccc2F)C1. The predicted molar refractivity (Wildman–Crippen MR) is 83.0 cm³/mol. The van der Waals surface area contributed by atoms with Gasteiger partial charge in [-0.2, -0.15) is 0 Å². The van der Waals surface area contributed by atoms with Crippen LogP contribution in [0.2, 0.25) is 0 Å². The van der Waals surface area contributed by atoms with Crippen molar-refractivity contribution in [3.05, 3.63) is 30.1 Å². The van der Waals surface area contributed by atoms with Crippen molar-refractivity contribution < 1.29 is 14.0 Å². The van der Waals surface area contributed by atoms with E-state index >= 15 is 0 Å². The number of halogens is 1. The fourth-order valence-electron chi connectivity index (χ4n) is 2.46. The molecule has 0 aliphatic carbocycles. The lowest BCUT2D eigenvalue weighted by molar-refractivity contribution is -0.126. The number of hydrogen-bond acceptors (Lipinski definition) is 3. The highest BCUT2D eigenvalue weighted by molar-refractivity contribution is 6.00. The lowest BCUT2D eigenvalue weighted by atomic mass is 10.1. The summed E-state index contributed by atoms with van der Waals surface area (Å²) >= 11 is 0. The highest BCUT2D eigenvalue weighted by atomic mass is 19.1. The van der Waals surface area contributed by atoms with Crippen molar-refractivity contribution >= 4 is 17.5 Å². The van der Waals surface area contributed by atoms with Crippen LogP contribution in [0.1, 0.15) is 13.3 Å². The van der Waals surface area contributed by atoms with Gasteiger partial charge in [0, 0.05) is 26.1 Å². The molecule has 1 fully saturated rings. The van der Waals surface area contributed by atoms with Gasteiger partial charge in [-0.1, -0.05) is 19.1 Å². The van der Waals surface area contributed by atoms with E-state index in [-0.39, 0.29) is 30.5 Å². The van der Waals surface area contributed by atoms with Crippen molar-refractivity contribution in [3.8, 4) is 0 Å². The Balaban J connectivity index is 1.92. The Kier molecular flexibility index (Phi) is 5.49. The zero-order valence-corrected chi connectivity index (χ0v) is 13.0. The van der Waals surface area contributed by atoms with E-state index in [0.717, 1.165) is 13.1 Å². The van der Waals surface area contributed by atoms with Crippen molar-refractivity contribution in [1.82, 2.24) is 10.2 Å². The lowest BCUT2D eigenvalue weighted by Gasteiger charge is -2.18. The Morgan fingerprint density at radius 2 is 2.18 bits per heavy atom. The van der Waals surface area contributed by atoms with Crippen LogP contribution in [-0.2, 0) is 9.59 Å². The number of amides is 2. The van der Waals surface area contributed by atoms with Crippen LogP contribution in [0.25, 0.3) is 0 Å². The van der Waals surface area contributed by atoms with Crippen molar-refractivity contribution in [3.63, 3.8) is 0 Å². The molecule has 1 N–H and O–H groups in total. The van der Waals surface area contributed by atoms with Gasteiger partial charge in [-0.05, 0) is 25.7 Å². The van der Waals surface area contributed by atoms with Crippen LogP contribution in [-0.4, -0.2) is 49.9 Å². The summed E-state index contributed by atoms with van der Waals surface area (Å²) in [7, 11) is 1.98. The number of likely N-dealkylation sites (N-methyl/N-ethyl adjacent to an activating group) is 1. The molecule has 0 bridgehead atoms. The van der Waals surface area contributed by atoms with Gasteiger partial charge in [0.2, 0.25) is 11.8 Å². The van der Waals surface area contributed by atoms with E-state index in [1.807, 2.05) is 14.0 Å². The predicted octanol–water partition coefficient (Wildman–Crippen LogP) is 1.25. The minimum atomic E-state index is -0.443. The smallest absolute Gasteiger partial charge is 0.227 e. The number of benzene rings is 1. The second kappa shape index (κ2) is 7.35. The van der Waals surface area contributed by atoms with Crippen LogP contribution in [0, 0.1) is 11.7 Å². The molecule has 0 unspecified atom stereocenters. The highest BCUT2D eigenvalue weighted by Gasteiger charge is 2.35. The zero-order chi connectivity index (χ0) is 16.1. The van der Waals surface area contributed by atoms with Crippen LogP contribution in [0.4, 0.5) is 10.1 Å². The van der Waals surface area contributed by atoms with Crippen LogP contribution in [0.3, 0.4) is 0 Å². The quantitative estimate of drug-likeness (QED) is 0.860. The molecule has 0 spiro atoms. The lowest BCUT2D eigenvalue weighted by Crippen LogP contribution is -2.37. The van der Waals surface area contributed by atoms with Crippen molar-refractivity contribution in [2.45, 2.75) is 13.3 Å². The summed E-state index contributed by atoms with van der Waals surface area (Å²) in [6, 6.07) is 6.13. The minimum absolute atomic E-state index is 0.129. The molecule has 2 rings (SSSR count). The molecule has 1 atom stereocenters. The Morgan fingerprint density at radius 3 is 2.86 bits per heavy atom. The van der Waals surface area contributed by atoms with Gasteiger partial charge in [0.15, 0.2) is 0 Å². The Bertz CT molecular complexity index is 550. The molecule has 1 aliphatic heterocycles. The third-order valence-electron chi connectivity index (χ3n) is 3.97. The second-order valence-electron chi connectivity index (χ2n) is 5.54. The van der Waals surface area contributed by atoms with E-state index in [4.69, 9.17) is 0 Å². The van der Waals surface area contributed by atoms with Crippen molar-refractivity contribution in [2.75, 3.05) is 38.1 Å². The topological polar surface area (TPSA) is 52.7 Å². The Labute approximate surface area is 130 Å². The molecule has 120 valence electrons. The monoisotopic (exact) mass is 307 g/mol. The van der Waals surface area contributed by atoms with E-state index in [9.17, 15) is 14.0 Å². The first-order chi connectivity index (χ1) is 10.5. The number of carbonyl (C=O) groups is 2. The molecule has 0 saturated carbocycles. The zero-order valence-electron chi connectivity index (χ0n) is 13.0. The second-order valence-corrected chi connectivity index (χ2v) is 5.54. The first kappa shape index (κ1) is 16.4. The van der Waals surface area contributed by atoms with Crippen LogP contribution < -0.4 is 10.2 Å². The summed E-state index contributed by atoms with van der Waals surface area (Å²) in [4.78, 5) is 27.6. The average Bonchev–Trinajstić information content (AvgIpc) is 2.89. The molecular weight excluding hydrogens is 285 g/mol. The normalized spacial score (nSPS) is 18.1. The minimum Gasteiger partial charge on any atom is -0.355 e. The van der Waals surface area contributed by atoms with E-state index in [1.54, 1.807) is 18.2 Å². The van der Waals surface area contributed by atoms with Crippen molar-refractivity contribution in [2.24, 2.45) is 5.92 Å². The van der Waals surface area contributed by atoms with Gasteiger partial charge in [0.1, 0.15) is 5.82 Å². The molecular formula is C16H22FN3O2. The molecule has 6 heteroatoms. The number of carbonyl (C=O) groups excluding carboxylic acids is 2. The van der Waals surface area contributed by atoms with Gasteiger partial charge >= 0.3 is 0 Å². The molecule has 0 radical (unpaired) electrons. The van der Waals surface area contributed by atoms with Crippen LogP contribution in [0.15, 0.2) is 24.3 Å². The number of nitrogens with zero attached hydrogens (tertiary/aromatic N) is 2. The Morgan fingerprint density at radius 1 is 1.45 bits per heavy atom. The van der Waals surface area contributed by atoms with E-state index < -0.39 is 11.7 Å². The number of anilines is 1. The fraction of sp³-hybridized carbons (Fsp3) is 0.500. The first-order valence-corrected chi connectivity index (χ1v) is 7.54. The van der Waals surface area contributed by atoms with Gasteiger partial charge < -0.3 is 15.1 Å². The maximum Gasteiger partial charge on any atom is 0.227 e. The van der Waals surface area contributed by atoms with Gasteiger partial charge in [-0.15, -0.1) is 0 Å². The fourth-order valence-corrected chi connectivity index (χ4v) is 2.46. The largest absolute Gasteiger partial charge is 0.355 e. The number of hydrogen-bond donors (Lipinski definition) is 1. The number of para-hydroxylation sites is 1. The maximum atomic E-state index is 13.8. The average molecular weight is 307 g/mol. The summed E-state index contributed by atoms with van der Waals surface area (Å²) in [5.41, 5.74) is 0.244. The van der Waals surface area contributed by atoms with Gasteiger partial charge in [-0.3, -0.25) is 9.59 Å². The third-order valence-corrected chi connectivity index (χ3v) is 3.97. The maximum absolute atomic E-state index is 13.8. The standard InChI is InChI=1S/C16H22FN3O2/c1-3-19(2)9-8-18-16(22)12-10-15(21)20(11-12)14-7-5-4-6-13(14)17/h4-7,12H,3,8-11H2,1-2H3,(H,18,22)/t12-/m1/s1. The molecule has 22 heavy (non-hydrogen) atoms. The Hall–Kier alpha value is -1.95. The first-order valence-electron chi connectivity index (χ1n) is 7.54. The van der Waals surface area contributed by atoms with Crippen LogP contribution in [0.5, 0.6) is 0 Å². The number of nitrogens with one attached hydrogen (secondary N) is 1. The van der Waals surface area contributed by atoms with Gasteiger partial charge in [0.05, 0.1) is 11.6 Å². The van der Waals surface area contributed by atoms with E-state index in [2.05, 4.69) is 10.2 Å². The molecule has 1 aromatic rings. The van der Waals surface area contributed by atoms with Gasteiger partial charge in [0.25, 0.3) is 0 Å². The van der Waals surface area contributed by atoms with E-state index in [0.29, 0.717) is 6.54 Å². The molecule has 1 aliphatic rings. The molecule has 2 amide bonds. The van der Waals surface area contributed by atoms with Crippen LogP contribution >= 0.6 is 0 Å². The van der Waals surface area contributed by atoms with Gasteiger partial charge in [-0.25, -0.2) is 4.39 Å². The summed E-state index contributed by atoms with van der Waals surface area (Å²) in [5, 5.41) is 2.84. The molecule has 5 nitrogen and oxygen atoms in total. The third kappa shape index (κ3) is 3.82. The van der Waals surface area contributed by atoms with E-state index in [1.165, 1.54) is 11.0 Å². The summed E-state index contributed by atoms with van der Waals surface area (Å²) in [5.74, 6) is -1.21. The van der Waals surface area contributed by atoms with Crippen molar-refractivity contribution in [1.29, 1.82) is 0 Å². The summed E-state index contributed by atoms with van der Waals surface area (Å²) in [6.07, 6.45) is 0.129. The molecule has 1 heterocycles. The summed E-state index contributed by atoms with van der Waals surface area (Å²) in [6.45, 7) is 4.51. The summed E-state index contributed by atoms with van der Waals surface area (Å²) < 4.78 is 13.8. The molecule has 0 aromatic heterocycles. The number of rotatable bonds is 6. The molecule has 1 saturated heterocycles.